The number of nitrogens with zero attached hydrogens (tertiary/aromatic N) is 2. The first-order valence-corrected chi connectivity index (χ1v) is 7.88. The molecular formula is C14H15BrN2OS. The van der Waals surface area contributed by atoms with Crippen LogP contribution in [0.3, 0.4) is 0 Å². The summed E-state index contributed by atoms with van der Waals surface area (Å²) in [5.41, 5.74) is 1.77. The van der Waals surface area contributed by atoms with Gasteiger partial charge in [-0.05, 0) is 25.5 Å². The summed E-state index contributed by atoms with van der Waals surface area (Å²) in [5.74, 6) is 0.0167. The van der Waals surface area contributed by atoms with Gasteiger partial charge in [-0.25, -0.2) is 4.98 Å². The second-order valence-corrected chi connectivity index (χ2v) is 6.10. The summed E-state index contributed by atoms with van der Waals surface area (Å²) < 4.78 is 0. The van der Waals surface area contributed by atoms with Crippen molar-refractivity contribution < 1.29 is 4.79 Å². The summed E-state index contributed by atoms with van der Waals surface area (Å²) in [4.78, 5) is 18.4. The van der Waals surface area contributed by atoms with Crippen LogP contribution in [0.15, 0.2) is 35.7 Å². The van der Waals surface area contributed by atoms with Gasteiger partial charge in [0, 0.05) is 5.38 Å². The van der Waals surface area contributed by atoms with Gasteiger partial charge in [0.25, 0.3) is 0 Å². The molecule has 1 aromatic carbocycles. The van der Waals surface area contributed by atoms with Crippen molar-refractivity contribution in [3.63, 3.8) is 0 Å². The Morgan fingerprint density at radius 2 is 2.11 bits per heavy atom. The average Bonchev–Trinajstić information content (AvgIpc) is 2.85. The van der Waals surface area contributed by atoms with Crippen molar-refractivity contribution in [2.45, 2.75) is 25.1 Å². The predicted octanol–water partition coefficient (Wildman–Crippen LogP) is 4.29. The Morgan fingerprint density at radius 1 is 1.42 bits per heavy atom. The Kier molecular flexibility index (Phi) is 4.71. The summed E-state index contributed by atoms with van der Waals surface area (Å²) >= 11 is 4.91. The van der Waals surface area contributed by atoms with Gasteiger partial charge in [0.15, 0.2) is 5.13 Å². The van der Waals surface area contributed by atoms with E-state index >= 15 is 0 Å². The Morgan fingerprint density at radius 3 is 2.63 bits per heavy atom. The number of para-hydroxylation sites is 1. The van der Waals surface area contributed by atoms with Crippen molar-refractivity contribution >= 4 is 44.0 Å². The highest BCUT2D eigenvalue weighted by Gasteiger charge is 2.25. The van der Waals surface area contributed by atoms with Crippen LogP contribution in [0.1, 0.15) is 19.0 Å². The molecule has 100 valence electrons. The first kappa shape index (κ1) is 14.2. The highest BCUT2D eigenvalue weighted by Crippen LogP contribution is 2.30. The zero-order chi connectivity index (χ0) is 13.8. The fraction of sp³-hybridized carbons (Fsp3) is 0.286. The summed E-state index contributed by atoms with van der Waals surface area (Å²) in [6, 6.07) is 9.62. The van der Waals surface area contributed by atoms with Gasteiger partial charge < -0.3 is 0 Å². The summed E-state index contributed by atoms with van der Waals surface area (Å²) in [7, 11) is 0. The number of hydrogen-bond acceptors (Lipinski definition) is 3. The number of aromatic nitrogens is 1. The Labute approximate surface area is 125 Å². The number of aryl methyl sites for hydroxylation is 1. The van der Waals surface area contributed by atoms with Gasteiger partial charge in [0.1, 0.15) is 0 Å². The highest BCUT2D eigenvalue weighted by atomic mass is 79.9. The van der Waals surface area contributed by atoms with Gasteiger partial charge in [0.05, 0.1) is 16.2 Å². The molecule has 2 rings (SSSR count). The molecule has 5 heteroatoms. The van der Waals surface area contributed by atoms with E-state index in [1.165, 1.54) is 11.3 Å². The highest BCUT2D eigenvalue weighted by molar-refractivity contribution is 9.10. The second kappa shape index (κ2) is 6.30. The molecule has 0 fully saturated rings. The molecule has 0 aliphatic rings. The molecule has 1 atom stereocenters. The van der Waals surface area contributed by atoms with Crippen LogP contribution < -0.4 is 4.90 Å². The molecule has 0 bridgehead atoms. The molecule has 0 N–H and O–H groups in total. The maximum atomic E-state index is 12.5. The van der Waals surface area contributed by atoms with Crippen LogP contribution >= 0.6 is 27.3 Å². The number of hydrogen-bond donors (Lipinski definition) is 0. The van der Waals surface area contributed by atoms with Crippen molar-refractivity contribution in [1.29, 1.82) is 0 Å². The fourth-order valence-corrected chi connectivity index (χ4v) is 2.70. The zero-order valence-corrected chi connectivity index (χ0v) is 13.2. The maximum Gasteiger partial charge on any atom is 0.247 e. The number of benzene rings is 1. The number of amides is 1. The van der Waals surface area contributed by atoms with Crippen LogP contribution in [0.5, 0.6) is 0 Å². The summed E-state index contributed by atoms with van der Waals surface area (Å²) in [6.07, 6.45) is 0.743. The molecule has 1 amide bonds. The number of anilines is 2. The molecule has 0 aliphatic heterocycles. The molecular weight excluding hydrogens is 324 g/mol. The Hall–Kier alpha value is -1.20. The van der Waals surface area contributed by atoms with E-state index in [0.29, 0.717) is 5.13 Å². The lowest BCUT2D eigenvalue weighted by Gasteiger charge is -2.22. The molecule has 19 heavy (non-hydrogen) atoms. The first-order chi connectivity index (χ1) is 9.13. The summed E-state index contributed by atoms with van der Waals surface area (Å²) in [6.45, 7) is 3.91. The Bertz CT molecular complexity index is 556. The van der Waals surface area contributed by atoms with E-state index in [-0.39, 0.29) is 10.7 Å². The van der Waals surface area contributed by atoms with Gasteiger partial charge in [-0.15, -0.1) is 11.3 Å². The fourth-order valence-electron chi connectivity index (χ4n) is 1.67. The normalized spacial score (nSPS) is 12.2. The molecule has 0 radical (unpaired) electrons. The standard InChI is InChI=1S/C14H15BrN2OS/c1-3-12(15)13(18)17(11-7-5-4-6-8-11)14-16-10(2)9-19-14/h4-9,12H,3H2,1-2H3. The smallest absolute Gasteiger partial charge is 0.247 e. The van der Waals surface area contributed by atoms with Crippen molar-refractivity contribution in [2.75, 3.05) is 4.90 Å². The lowest BCUT2D eigenvalue weighted by Crippen LogP contribution is -2.32. The van der Waals surface area contributed by atoms with Gasteiger partial charge >= 0.3 is 0 Å². The minimum Gasteiger partial charge on any atom is -0.273 e. The molecule has 1 aromatic heterocycles. The second-order valence-electron chi connectivity index (χ2n) is 4.16. The van der Waals surface area contributed by atoms with E-state index in [2.05, 4.69) is 20.9 Å². The number of thiazole rings is 1. The van der Waals surface area contributed by atoms with Crippen LogP contribution in [0.25, 0.3) is 0 Å². The average molecular weight is 339 g/mol. The minimum atomic E-state index is -0.197. The van der Waals surface area contributed by atoms with Gasteiger partial charge in [0.2, 0.25) is 5.91 Å². The lowest BCUT2D eigenvalue weighted by molar-refractivity contribution is -0.117. The number of carbonyl (C=O) groups is 1. The van der Waals surface area contributed by atoms with E-state index in [1.807, 2.05) is 49.6 Å². The minimum absolute atomic E-state index is 0.0167. The largest absolute Gasteiger partial charge is 0.273 e. The topological polar surface area (TPSA) is 33.2 Å². The Balaban J connectivity index is 2.42. The summed E-state index contributed by atoms with van der Waals surface area (Å²) in [5, 5.41) is 2.67. The third-order valence-corrected chi connectivity index (χ3v) is 4.64. The molecule has 0 saturated carbocycles. The van der Waals surface area contributed by atoms with Crippen LogP contribution in [0.2, 0.25) is 0 Å². The number of halogens is 1. The van der Waals surface area contributed by atoms with Crippen LogP contribution in [0, 0.1) is 6.92 Å². The zero-order valence-electron chi connectivity index (χ0n) is 10.8. The van der Waals surface area contributed by atoms with E-state index in [1.54, 1.807) is 4.90 Å². The number of rotatable bonds is 4. The number of carbonyl (C=O) groups excluding carboxylic acids is 1. The van der Waals surface area contributed by atoms with Crippen molar-refractivity contribution in [1.82, 2.24) is 4.98 Å². The molecule has 0 saturated heterocycles. The molecule has 0 aliphatic carbocycles. The van der Waals surface area contributed by atoms with Crippen molar-refractivity contribution in [3.05, 3.63) is 41.4 Å². The van der Waals surface area contributed by atoms with Gasteiger partial charge in [-0.1, -0.05) is 41.1 Å². The van der Waals surface area contributed by atoms with Crippen LogP contribution in [-0.4, -0.2) is 15.7 Å². The van der Waals surface area contributed by atoms with Crippen LogP contribution in [0.4, 0.5) is 10.8 Å². The van der Waals surface area contributed by atoms with Crippen molar-refractivity contribution in [2.24, 2.45) is 0 Å². The molecule has 0 spiro atoms. The quantitative estimate of drug-likeness (QED) is 0.779. The monoisotopic (exact) mass is 338 g/mol. The first-order valence-electron chi connectivity index (χ1n) is 6.08. The van der Waals surface area contributed by atoms with Crippen LogP contribution in [-0.2, 0) is 4.79 Å². The molecule has 2 aromatic rings. The molecule has 1 heterocycles. The van der Waals surface area contributed by atoms with Crippen molar-refractivity contribution in [3.8, 4) is 0 Å². The van der Waals surface area contributed by atoms with Gasteiger partial charge in [-0.3, -0.25) is 9.69 Å². The lowest BCUT2D eigenvalue weighted by atomic mass is 10.2. The van der Waals surface area contributed by atoms with E-state index < -0.39 is 0 Å². The molecule has 1 unspecified atom stereocenters. The third kappa shape index (κ3) is 3.22. The van der Waals surface area contributed by atoms with E-state index in [4.69, 9.17) is 0 Å². The SMILES string of the molecule is CCC(Br)C(=O)N(c1ccccc1)c1nc(C)cs1. The van der Waals surface area contributed by atoms with E-state index in [0.717, 1.165) is 17.8 Å². The maximum absolute atomic E-state index is 12.5. The van der Waals surface area contributed by atoms with Gasteiger partial charge in [-0.2, -0.15) is 0 Å². The van der Waals surface area contributed by atoms with E-state index in [9.17, 15) is 4.79 Å². The number of alkyl halides is 1. The third-order valence-electron chi connectivity index (χ3n) is 2.66. The predicted molar refractivity (Wildman–Crippen MR) is 83.4 cm³/mol. The molecule has 3 nitrogen and oxygen atoms in total.